The summed E-state index contributed by atoms with van der Waals surface area (Å²) in [6.45, 7) is 3.80. The number of carbonyl (C=O) groups is 1. The van der Waals surface area contributed by atoms with Crippen molar-refractivity contribution in [1.29, 1.82) is 0 Å². The lowest BCUT2D eigenvalue weighted by Crippen LogP contribution is -2.40. The zero-order valence-corrected chi connectivity index (χ0v) is 17.9. The fourth-order valence-electron chi connectivity index (χ4n) is 4.64. The van der Waals surface area contributed by atoms with Crippen molar-refractivity contribution < 1.29 is 22.7 Å². The molecule has 0 aliphatic carbocycles. The third-order valence-electron chi connectivity index (χ3n) is 6.31. The first-order chi connectivity index (χ1) is 14.7. The number of aromatic hydroxyl groups is 1. The highest BCUT2D eigenvalue weighted by Gasteiger charge is 2.48. The van der Waals surface area contributed by atoms with E-state index >= 15 is 0 Å². The van der Waals surface area contributed by atoms with Gasteiger partial charge in [-0.3, -0.25) is 9.59 Å². The topological polar surface area (TPSA) is 105 Å². The molecule has 0 spiro atoms. The van der Waals surface area contributed by atoms with Crippen LogP contribution in [0.4, 0.5) is 0 Å². The normalized spacial score (nSPS) is 22.3. The van der Waals surface area contributed by atoms with Crippen LogP contribution in [-0.4, -0.2) is 41.9 Å². The van der Waals surface area contributed by atoms with Gasteiger partial charge in [0.2, 0.25) is 5.76 Å². The van der Waals surface area contributed by atoms with Crippen LogP contribution in [0, 0.1) is 13.8 Å². The minimum absolute atomic E-state index is 0.00552. The second-order valence-corrected chi connectivity index (χ2v) is 10.6. The van der Waals surface area contributed by atoms with Gasteiger partial charge in [-0.15, -0.1) is 0 Å². The fourth-order valence-corrected chi connectivity index (χ4v) is 6.35. The van der Waals surface area contributed by atoms with Crippen molar-refractivity contribution in [2.45, 2.75) is 32.4 Å². The van der Waals surface area contributed by atoms with Crippen LogP contribution in [0.25, 0.3) is 11.0 Å². The number of nitrogens with zero attached hydrogens (tertiary/aromatic N) is 1. The van der Waals surface area contributed by atoms with Crippen molar-refractivity contribution in [2.24, 2.45) is 0 Å². The van der Waals surface area contributed by atoms with E-state index in [-0.39, 0.29) is 34.0 Å². The van der Waals surface area contributed by atoms with Crippen molar-refractivity contribution in [2.75, 3.05) is 11.5 Å². The molecule has 2 atom stereocenters. The number of benzene rings is 2. The minimum atomic E-state index is -3.27. The number of sulfone groups is 1. The molecule has 1 N–H and O–H groups in total. The number of phenolic OH excluding ortho intramolecular Hbond substituents is 1. The summed E-state index contributed by atoms with van der Waals surface area (Å²) in [5, 5.41) is 10.4. The third kappa shape index (κ3) is 3.05. The van der Waals surface area contributed by atoms with Gasteiger partial charge in [0.15, 0.2) is 15.3 Å². The molecule has 0 radical (unpaired) electrons. The largest absolute Gasteiger partial charge is 0.508 e. The summed E-state index contributed by atoms with van der Waals surface area (Å²) in [5.74, 6) is -0.726. The van der Waals surface area contributed by atoms with Crippen LogP contribution < -0.4 is 5.43 Å². The van der Waals surface area contributed by atoms with E-state index in [0.29, 0.717) is 23.0 Å². The molecular formula is C23H21NO6S. The molecule has 2 aliphatic rings. The van der Waals surface area contributed by atoms with E-state index in [2.05, 4.69) is 0 Å². The van der Waals surface area contributed by atoms with Gasteiger partial charge in [-0.2, -0.15) is 0 Å². The predicted octanol–water partition coefficient (Wildman–Crippen LogP) is 2.85. The van der Waals surface area contributed by atoms with Crippen molar-refractivity contribution in [3.8, 4) is 5.75 Å². The second-order valence-electron chi connectivity index (χ2n) is 8.37. The molecule has 3 aromatic rings. The van der Waals surface area contributed by atoms with E-state index in [1.54, 1.807) is 24.3 Å². The van der Waals surface area contributed by atoms with Gasteiger partial charge in [0, 0.05) is 6.04 Å². The number of amides is 1. The quantitative estimate of drug-likeness (QED) is 0.658. The first-order valence-corrected chi connectivity index (χ1v) is 11.9. The van der Waals surface area contributed by atoms with E-state index < -0.39 is 27.8 Å². The maximum atomic E-state index is 13.6. The molecule has 1 saturated heterocycles. The summed E-state index contributed by atoms with van der Waals surface area (Å²) >= 11 is 0. The summed E-state index contributed by atoms with van der Waals surface area (Å²) in [7, 11) is -3.27. The lowest BCUT2D eigenvalue weighted by molar-refractivity contribution is 0.0662. The van der Waals surface area contributed by atoms with Gasteiger partial charge in [-0.25, -0.2) is 8.42 Å². The van der Waals surface area contributed by atoms with E-state index in [1.165, 1.54) is 17.0 Å². The third-order valence-corrected chi connectivity index (χ3v) is 8.06. The number of fused-ring (bicyclic) bond motifs is 2. The molecule has 1 amide bonds. The molecule has 8 heteroatoms. The Hall–Kier alpha value is -3.13. The van der Waals surface area contributed by atoms with Crippen LogP contribution in [-0.2, 0) is 9.84 Å². The van der Waals surface area contributed by atoms with Gasteiger partial charge in [0.05, 0.1) is 28.5 Å². The van der Waals surface area contributed by atoms with Gasteiger partial charge in [-0.05, 0) is 61.2 Å². The smallest absolute Gasteiger partial charge is 0.291 e. The van der Waals surface area contributed by atoms with Gasteiger partial charge in [0.25, 0.3) is 5.91 Å². The van der Waals surface area contributed by atoms with Crippen LogP contribution in [0.15, 0.2) is 45.6 Å². The van der Waals surface area contributed by atoms with Gasteiger partial charge in [0.1, 0.15) is 11.3 Å². The van der Waals surface area contributed by atoms with Crippen molar-refractivity contribution >= 4 is 26.7 Å². The average molecular weight is 439 g/mol. The Kier molecular flexibility index (Phi) is 4.27. The van der Waals surface area contributed by atoms with E-state index in [9.17, 15) is 23.1 Å². The summed E-state index contributed by atoms with van der Waals surface area (Å²) < 4.78 is 30.2. The Morgan fingerprint density at radius 2 is 1.84 bits per heavy atom. The van der Waals surface area contributed by atoms with E-state index in [0.717, 1.165) is 11.1 Å². The van der Waals surface area contributed by atoms with Crippen molar-refractivity contribution in [1.82, 2.24) is 4.90 Å². The Labute approximate surface area is 178 Å². The van der Waals surface area contributed by atoms with Crippen LogP contribution >= 0.6 is 0 Å². The molecule has 1 aromatic heterocycles. The highest BCUT2D eigenvalue weighted by molar-refractivity contribution is 7.91. The molecule has 160 valence electrons. The van der Waals surface area contributed by atoms with Crippen molar-refractivity contribution in [3.05, 3.63) is 74.6 Å². The zero-order chi connectivity index (χ0) is 22.1. The number of hydrogen-bond donors (Lipinski definition) is 1. The number of phenols is 1. The minimum Gasteiger partial charge on any atom is -0.508 e. The lowest BCUT2D eigenvalue weighted by atomic mass is 9.96. The molecule has 3 heterocycles. The van der Waals surface area contributed by atoms with Crippen LogP contribution in [0.3, 0.4) is 0 Å². The summed E-state index contributed by atoms with van der Waals surface area (Å²) in [5.41, 5.74) is 2.60. The monoisotopic (exact) mass is 439 g/mol. The Morgan fingerprint density at radius 3 is 2.52 bits per heavy atom. The van der Waals surface area contributed by atoms with Gasteiger partial charge >= 0.3 is 0 Å². The van der Waals surface area contributed by atoms with Gasteiger partial charge < -0.3 is 14.4 Å². The molecule has 0 bridgehead atoms. The van der Waals surface area contributed by atoms with Crippen LogP contribution in [0.2, 0.25) is 0 Å². The average Bonchev–Trinajstić information content (AvgIpc) is 3.20. The first-order valence-electron chi connectivity index (χ1n) is 10.1. The molecular weight excluding hydrogens is 418 g/mol. The maximum Gasteiger partial charge on any atom is 0.291 e. The summed E-state index contributed by atoms with van der Waals surface area (Å²) in [4.78, 5) is 28.5. The molecule has 5 rings (SSSR count). The molecule has 2 aliphatic heterocycles. The highest BCUT2D eigenvalue weighted by atomic mass is 32.2. The molecule has 31 heavy (non-hydrogen) atoms. The molecule has 2 unspecified atom stereocenters. The van der Waals surface area contributed by atoms with Crippen LogP contribution in [0.5, 0.6) is 5.75 Å². The molecule has 0 saturated carbocycles. The highest BCUT2D eigenvalue weighted by Crippen LogP contribution is 2.42. The predicted molar refractivity (Wildman–Crippen MR) is 115 cm³/mol. The second kappa shape index (κ2) is 6.68. The summed E-state index contributed by atoms with van der Waals surface area (Å²) in [6, 6.07) is 8.44. The van der Waals surface area contributed by atoms with Crippen LogP contribution in [0.1, 0.15) is 45.3 Å². The Morgan fingerprint density at radius 1 is 1.10 bits per heavy atom. The molecule has 2 aromatic carbocycles. The Balaban J connectivity index is 1.79. The zero-order valence-electron chi connectivity index (χ0n) is 17.1. The standard InChI is InChI=1S/C23H21NO6S/c1-12-8-17-18(9-13(12)2)30-22-19(21(17)26)20(14-4-3-5-16(25)10-14)24(23(22)27)15-6-7-31(28,29)11-15/h3-5,8-10,15,20,25H,6-7,11H2,1-2H3. The number of carbonyl (C=O) groups excluding carboxylic acids is 1. The lowest BCUT2D eigenvalue weighted by Gasteiger charge is -2.30. The SMILES string of the molecule is Cc1cc2oc3c(c(=O)c2cc1C)C(c1cccc(O)c1)N(C1CCS(=O)(=O)C1)C3=O. The number of hydrogen-bond acceptors (Lipinski definition) is 6. The summed E-state index contributed by atoms with van der Waals surface area (Å²) in [6.07, 6.45) is 0.295. The first kappa shape index (κ1) is 19.8. The van der Waals surface area contributed by atoms with E-state index in [4.69, 9.17) is 4.42 Å². The van der Waals surface area contributed by atoms with Gasteiger partial charge in [-0.1, -0.05) is 12.1 Å². The Bertz CT molecular complexity index is 1420. The van der Waals surface area contributed by atoms with Crippen molar-refractivity contribution in [3.63, 3.8) is 0 Å². The fraction of sp³-hybridized carbons (Fsp3) is 0.304. The number of rotatable bonds is 2. The molecule has 1 fully saturated rings. The van der Waals surface area contributed by atoms with E-state index in [1.807, 2.05) is 13.8 Å². The maximum absolute atomic E-state index is 13.6. The molecule has 7 nitrogen and oxygen atoms in total. The number of aryl methyl sites for hydroxylation is 2.